The minimum Gasteiger partial charge on any atom is -0.465 e. The maximum Gasteiger partial charge on any atom is 0.308 e. The summed E-state index contributed by atoms with van der Waals surface area (Å²) in [6.45, 7) is 30.7. The highest BCUT2D eigenvalue weighted by Gasteiger charge is 2.24. The van der Waals surface area contributed by atoms with E-state index in [0.717, 1.165) is 25.6 Å². The standard InChI is InChI=1S/C8H15NO2.2C8H15NO.C8H14O2.C7H12O2.C6H10N2O/c1-7(2)8(10)9-3-5-11-6-4-9;1-6(2)8(10)9-5-7-3-4-7;1-6(2)8(10)9-7-4-3-5-7;1-6(2)8(9)10-5-7-3-4-7;1-4-5-9-7(8)6(2)3;1-5(2)6(9)8-4-3-7/h7H,3-6H2,1-2H3;2*6-7H,3-5H2,1-2H3,(H,9,10);6-7H,3-5H2,1-2H3;4,6H,1,5H2,2-3H3;5H,4H2,1-2H3,(H,8,9). The van der Waals surface area contributed by atoms with Crippen molar-refractivity contribution >= 4 is 35.6 Å². The van der Waals surface area contributed by atoms with Gasteiger partial charge in [0.15, 0.2) is 0 Å². The molecule has 14 heteroatoms. The summed E-state index contributed by atoms with van der Waals surface area (Å²) in [5, 5.41) is 16.3. The Morgan fingerprint density at radius 3 is 1.53 bits per heavy atom. The van der Waals surface area contributed by atoms with Crippen molar-refractivity contribution in [2.75, 3.05) is 52.6 Å². The SMILES string of the molecule is C=CCOC(=O)C(C)C.CC(C)C(=O)N1CCOCC1.CC(C)C(=O)NC1CCC1.CC(C)C(=O)NCC#N.CC(C)C(=O)NCC1CC1.CC(C)C(=O)OCC1CC1. The number of amides is 4. The molecule has 1 heterocycles. The monoisotopic (exact) mass is 836 g/mol. The average Bonchev–Trinajstić information content (AvgIpc) is 4.13. The van der Waals surface area contributed by atoms with E-state index in [2.05, 4.69) is 22.5 Å². The Morgan fingerprint density at radius 2 is 1.15 bits per heavy atom. The number of carbonyl (C=O) groups is 6. The molecular weight excluding hydrogens is 755 g/mol. The van der Waals surface area contributed by atoms with E-state index in [1.54, 1.807) is 33.8 Å². The first-order valence-corrected chi connectivity index (χ1v) is 21.7. The molecular formula is C45H81N5O9. The van der Waals surface area contributed by atoms with E-state index in [1.807, 2.05) is 66.4 Å². The van der Waals surface area contributed by atoms with E-state index in [0.29, 0.717) is 38.4 Å². The molecule has 3 saturated carbocycles. The number of nitrogens with zero attached hydrogens (tertiary/aromatic N) is 2. The Labute approximate surface area is 356 Å². The van der Waals surface area contributed by atoms with Crippen molar-refractivity contribution in [3.05, 3.63) is 12.7 Å². The lowest BCUT2D eigenvalue weighted by Crippen LogP contribution is -2.42. The number of morpholine rings is 1. The molecule has 1 aliphatic heterocycles. The van der Waals surface area contributed by atoms with Crippen molar-refractivity contribution < 1.29 is 43.0 Å². The first kappa shape index (κ1) is 57.1. The second kappa shape index (κ2) is 33.8. The second-order valence-electron chi connectivity index (χ2n) is 17.1. The first-order chi connectivity index (χ1) is 27.7. The Balaban J connectivity index is 0. The smallest absolute Gasteiger partial charge is 0.308 e. The van der Waals surface area contributed by atoms with E-state index in [1.165, 1.54) is 44.9 Å². The normalized spacial score (nSPS) is 15.4. The number of carbonyl (C=O) groups excluding carboxylic acids is 6. The molecule has 0 spiro atoms. The molecule has 340 valence electrons. The van der Waals surface area contributed by atoms with Crippen LogP contribution in [-0.4, -0.2) is 99.1 Å². The van der Waals surface area contributed by atoms with Gasteiger partial charge in [-0.25, -0.2) is 0 Å². The number of nitrogens with one attached hydrogen (secondary N) is 3. The summed E-state index contributed by atoms with van der Waals surface area (Å²) in [4.78, 5) is 67.4. The molecule has 0 atom stereocenters. The molecule has 0 aromatic rings. The van der Waals surface area contributed by atoms with E-state index in [4.69, 9.17) is 19.5 Å². The van der Waals surface area contributed by atoms with Gasteiger partial charge >= 0.3 is 11.9 Å². The molecule has 0 aromatic heterocycles. The topological polar surface area (TPSA) is 193 Å². The van der Waals surface area contributed by atoms with Crippen LogP contribution in [0, 0.1) is 58.7 Å². The van der Waals surface area contributed by atoms with Gasteiger partial charge in [0.2, 0.25) is 23.6 Å². The van der Waals surface area contributed by atoms with Crippen molar-refractivity contribution in [1.29, 1.82) is 5.26 Å². The Bertz CT molecular complexity index is 1230. The zero-order valence-corrected chi connectivity index (χ0v) is 38.7. The summed E-state index contributed by atoms with van der Waals surface area (Å²) in [6.07, 6.45) is 10.3. The van der Waals surface area contributed by atoms with Crippen LogP contribution in [0.1, 0.15) is 128 Å². The second-order valence-corrected chi connectivity index (χ2v) is 17.1. The van der Waals surface area contributed by atoms with Gasteiger partial charge in [-0.1, -0.05) is 95.7 Å². The summed E-state index contributed by atoms with van der Waals surface area (Å²) in [5.41, 5.74) is 0. The van der Waals surface area contributed by atoms with Crippen LogP contribution in [0.5, 0.6) is 0 Å². The van der Waals surface area contributed by atoms with Gasteiger partial charge in [-0.15, -0.1) is 0 Å². The van der Waals surface area contributed by atoms with Gasteiger partial charge in [-0.05, 0) is 56.8 Å². The highest BCUT2D eigenvalue weighted by atomic mass is 16.5. The molecule has 4 rings (SSSR count). The minimum absolute atomic E-state index is 0.0266. The molecule has 0 unspecified atom stereocenters. The molecule has 3 aliphatic carbocycles. The van der Waals surface area contributed by atoms with Crippen LogP contribution >= 0.6 is 0 Å². The first-order valence-electron chi connectivity index (χ1n) is 21.7. The van der Waals surface area contributed by atoms with E-state index in [9.17, 15) is 28.8 Å². The van der Waals surface area contributed by atoms with Gasteiger partial charge in [-0.2, -0.15) is 5.26 Å². The van der Waals surface area contributed by atoms with Crippen molar-refractivity contribution in [2.24, 2.45) is 47.3 Å². The molecule has 0 radical (unpaired) electrons. The maximum atomic E-state index is 11.4. The summed E-state index contributed by atoms with van der Waals surface area (Å²) >= 11 is 0. The largest absolute Gasteiger partial charge is 0.465 e. The van der Waals surface area contributed by atoms with Crippen molar-refractivity contribution in [2.45, 2.75) is 134 Å². The lowest BCUT2D eigenvalue weighted by Gasteiger charge is -2.28. The molecule has 0 bridgehead atoms. The number of hydrogen-bond donors (Lipinski definition) is 3. The third kappa shape index (κ3) is 33.5. The van der Waals surface area contributed by atoms with Crippen LogP contribution in [0.2, 0.25) is 0 Å². The maximum absolute atomic E-state index is 11.4. The Morgan fingerprint density at radius 1 is 0.678 bits per heavy atom. The third-order valence-electron chi connectivity index (χ3n) is 8.89. The third-order valence-corrected chi connectivity index (χ3v) is 8.89. The van der Waals surface area contributed by atoms with E-state index >= 15 is 0 Å². The van der Waals surface area contributed by atoms with Crippen LogP contribution in [0.25, 0.3) is 0 Å². The van der Waals surface area contributed by atoms with Crippen LogP contribution in [0.4, 0.5) is 0 Å². The Kier molecular flexibility index (Phi) is 32.7. The highest BCUT2D eigenvalue weighted by Crippen LogP contribution is 2.29. The minimum atomic E-state index is -0.171. The lowest BCUT2D eigenvalue weighted by atomic mass is 9.93. The number of hydrogen-bond acceptors (Lipinski definition) is 10. The fourth-order valence-corrected chi connectivity index (χ4v) is 4.13. The van der Waals surface area contributed by atoms with Gasteiger partial charge in [0.25, 0.3) is 0 Å². The zero-order valence-electron chi connectivity index (χ0n) is 38.7. The van der Waals surface area contributed by atoms with Crippen LogP contribution in [0.15, 0.2) is 12.7 Å². The van der Waals surface area contributed by atoms with Crippen molar-refractivity contribution in [3.63, 3.8) is 0 Å². The van der Waals surface area contributed by atoms with Crippen LogP contribution < -0.4 is 16.0 Å². The molecule has 3 N–H and O–H groups in total. The quantitative estimate of drug-likeness (QED) is 0.103. The zero-order chi connectivity index (χ0) is 45.5. The summed E-state index contributed by atoms with van der Waals surface area (Å²) in [6, 6.07) is 2.32. The summed E-state index contributed by atoms with van der Waals surface area (Å²) in [7, 11) is 0. The van der Waals surface area contributed by atoms with Gasteiger partial charge in [0, 0.05) is 49.3 Å². The molecule has 4 fully saturated rings. The highest BCUT2D eigenvalue weighted by molar-refractivity contribution is 5.79. The molecule has 14 nitrogen and oxygen atoms in total. The molecule has 1 saturated heterocycles. The molecule has 4 aliphatic rings. The fourth-order valence-electron chi connectivity index (χ4n) is 4.13. The fraction of sp³-hybridized carbons (Fsp3) is 0.800. The number of esters is 2. The van der Waals surface area contributed by atoms with E-state index < -0.39 is 0 Å². The predicted octanol–water partition coefficient (Wildman–Crippen LogP) is 6.23. The number of rotatable bonds is 14. The number of nitriles is 1. The predicted molar refractivity (Wildman–Crippen MR) is 231 cm³/mol. The molecule has 4 amide bonds. The van der Waals surface area contributed by atoms with Crippen molar-refractivity contribution in [3.8, 4) is 6.07 Å². The summed E-state index contributed by atoms with van der Waals surface area (Å²) < 4.78 is 14.8. The van der Waals surface area contributed by atoms with Gasteiger partial charge < -0.3 is 35.1 Å². The number of ether oxygens (including phenoxy) is 3. The molecule has 59 heavy (non-hydrogen) atoms. The average molecular weight is 836 g/mol. The van der Waals surface area contributed by atoms with Crippen LogP contribution in [-0.2, 0) is 43.0 Å². The summed E-state index contributed by atoms with van der Waals surface area (Å²) in [5.74, 6) is 2.16. The Hall–Kier alpha value is -3.99. The van der Waals surface area contributed by atoms with Gasteiger partial charge in [0.1, 0.15) is 13.2 Å². The van der Waals surface area contributed by atoms with E-state index in [-0.39, 0.29) is 77.6 Å². The van der Waals surface area contributed by atoms with Crippen molar-refractivity contribution in [1.82, 2.24) is 20.9 Å². The van der Waals surface area contributed by atoms with Crippen LogP contribution in [0.3, 0.4) is 0 Å². The van der Waals surface area contributed by atoms with Gasteiger partial charge in [0.05, 0.1) is 37.7 Å². The lowest BCUT2D eigenvalue weighted by molar-refractivity contribution is -0.148. The van der Waals surface area contributed by atoms with Gasteiger partial charge in [-0.3, -0.25) is 28.8 Å². The molecule has 0 aromatic carbocycles.